The van der Waals surface area contributed by atoms with Crippen LogP contribution in [0.2, 0.25) is 0 Å². The van der Waals surface area contributed by atoms with Crippen molar-refractivity contribution >= 4 is 33.6 Å². The Morgan fingerprint density at radius 2 is 1.80 bits per heavy atom. The van der Waals surface area contributed by atoms with Gasteiger partial charge in [0.2, 0.25) is 0 Å². The van der Waals surface area contributed by atoms with Gasteiger partial charge in [-0.15, -0.1) is 5.10 Å². The molecule has 1 aliphatic rings. The number of thioether (sulfide) groups is 1. The van der Waals surface area contributed by atoms with Crippen molar-refractivity contribution < 1.29 is 4.79 Å². The van der Waals surface area contributed by atoms with Crippen molar-refractivity contribution in [1.29, 1.82) is 0 Å². The number of halogens is 1. The summed E-state index contributed by atoms with van der Waals surface area (Å²) in [5, 5.41) is 12.4. The Morgan fingerprint density at radius 1 is 1.10 bits per heavy atom. The summed E-state index contributed by atoms with van der Waals surface area (Å²) in [6.45, 7) is 0. The lowest BCUT2D eigenvalue weighted by Gasteiger charge is -2.16. The van der Waals surface area contributed by atoms with E-state index in [4.69, 9.17) is 0 Å². The molecule has 0 unspecified atom stereocenters. The number of hydrogen-bond donors (Lipinski definition) is 1. The van der Waals surface area contributed by atoms with Gasteiger partial charge in [0, 0.05) is 28.7 Å². The molecule has 3 aromatic rings. The van der Waals surface area contributed by atoms with Crippen LogP contribution in [0.15, 0.2) is 52.4 Å². The van der Waals surface area contributed by atoms with Crippen molar-refractivity contribution in [3.05, 3.63) is 58.6 Å². The third-order valence-corrected chi connectivity index (χ3v) is 6.54. The van der Waals surface area contributed by atoms with E-state index in [1.165, 1.54) is 24.6 Å². The first kappa shape index (κ1) is 21.0. The fourth-order valence-electron chi connectivity index (χ4n) is 3.57. The molecule has 2 heterocycles. The first-order chi connectivity index (χ1) is 14.7. The van der Waals surface area contributed by atoms with Crippen molar-refractivity contribution in [3.8, 4) is 5.69 Å². The molecule has 0 saturated heterocycles. The van der Waals surface area contributed by atoms with Crippen LogP contribution in [-0.2, 0) is 5.75 Å². The molecule has 1 saturated carbocycles. The molecule has 30 heavy (non-hydrogen) atoms. The van der Waals surface area contributed by atoms with Crippen LogP contribution in [0, 0.1) is 0 Å². The lowest BCUT2D eigenvalue weighted by atomic mass is 10.1. The van der Waals surface area contributed by atoms with Crippen molar-refractivity contribution in [1.82, 2.24) is 30.3 Å². The molecule has 7 nitrogen and oxygen atoms in total. The van der Waals surface area contributed by atoms with Crippen LogP contribution in [0.1, 0.15) is 54.7 Å². The van der Waals surface area contributed by atoms with Gasteiger partial charge in [-0.3, -0.25) is 4.79 Å². The molecule has 0 bridgehead atoms. The van der Waals surface area contributed by atoms with E-state index < -0.39 is 0 Å². The average Bonchev–Trinajstić information content (AvgIpc) is 3.02. The van der Waals surface area contributed by atoms with Crippen molar-refractivity contribution in [2.45, 2.75) is 55.5 Å². The largest absolute Gasteiger partial charge is 0.348 e. The highest BCUT2D eigenvalue weighted by atomic mass is 79.9. The maximum Gasteiger partial charge on any atom is 0.274 e. The summed E-state index contributed by atoms with van der Waals surface area (Å²) < 4.78 is 2.70. The number of hydrogen-bond acceptors (Lipinski definition) is 6. The van der Waals surface area contributed by atoms with Gasteiger partial charge in [-0.1, -0.05) is 58.6 Å². The molecule has 0 spiro atoms. The van der Waals surface area contributed by atoms with Gasteiger partial charge in [0.25, 0.3) is 5.91 Å². The van der Waals surface area contributed by atoms with E-state index in [0.29, 0.717) is 16.6 Å². The maximum absolute atomic E-state index is 13.1. The summed E-state index contributed by atoms with van der Waals surface area (Å²) in [6, 6.07) is 9.76. The van der Waals surface area contributed by atoms with Crippen LogP contribution < -0.4 is 5.32 Å². The second-order valence-corrected chi connectivity index (χ2v) is 9.11. The Balaban J connectivity index is 1.59. The van der Waals surface area contributed by atoms with E-state index in [9.17, 15) is 4.79 Å². The van der Waals surface area contributed by atoms with Crippen LogP contribution >= 0.6 is 27.7 Å². The molecule has 1 amide bonds. The molecule has 2 aromatic heterocycles. The topological polar surface area (TPSA) is 85.6 Å². The number of benzene rings is 1. The molecular weight excluding hydrogens is 464 g/mol. The van der Waals surface area contributed by atoms with Crippen LogP contribution in [0.5, 0.6) is 0 Å². The SMILES string of the molecule is O=C(NC1CCCCCC1)c1nnn(-c2ccc(Br)cc2)c1CSc1ncccn1. The number of nitrogens with zero attached hydrogens (tertiary/aromatic N) is 5. The van der Waals surface area contributed by atoms with Crippen molar-refractivity contribution in [2.75, 3.05) is 0 Å². The van der Waals surface area contributed by atoms with Gasteiger partial charge in [0.1, 0.15) is 0 Å². The number of aromatic nitrogens is 5. The predicted molar refractivity (Wildman–Crippen MR) is 120 cm³/mol. The van der Waals surface area contributed by atoms with Gasteiger partial charge in [-0.05, 0) is 43.2 Å². The van der Waals surface area contributed by atoms with Crippen LogP contribution in [0.25, 0.3) is 5.69 Å². The Bertz CT molecular complexity index is 971. The normalized spacial score (nSPS) is 15.0. The first-order valence-corrected chi connectivity index (χ1v) is 11.9. The molecule has 0 atom stereocenters. The Morgan fingerprint density at radius 3 is 2.50 bits per heavy atom. The Kier molecular flexibility index (Phi) is 7.11. The molecule has 1 N–H and O–H groups in total. The third-order valence-electron chi connectivity index (χ3n) is 5.12. The number of nitrogens with one attached hydrogen (secondary N) is 1. The van der Waals surface area contributed by atoms with Gasteiger partial charge in [-0.2, -0.15) is 0 Å². The number of rotatable bonds is 6. The molecule has 1 aromatic carbocycles. The second-order valence-electron chi connectivity index (χ2n) is 7.25. The minimum atomic E-state index is -0.158. The molecule has 0 aliphatic heterocycles. The summed E-state index contributed by atoms with van der Waals surface area (Å²) >= 11 is 4.92. The number of amides is 1. The van der Waals surface area contributed by atoms with E-state index in [1.54, 1.807) is 23.1 Å². The minimum absolute atomic E-state index is 0.158. The molecular formula is C21H23BrN6OS. The predicted octanol–water partition coefficient (Wildman–Crippen LogP) is 4.56. The minimum Gasteiger partial charge on any atom is -0.348 e. The fraction of sp³-hybridized carbons (Fsp3) is 0.381. The Hall–Kier alpha value is -2.26. The quantitative estimate of drug-likeness (QED) is 0.312. The summed E-state index contributed by atoms with van der Waals surface area (Å²) in [5.74, 6) is 0.329. The highest BCUT2D eigenvalue weighted by Crippen LogP contribution is 2.24. The van der Waals surface area contributed by atoms with E-state index in [2.05, 4.69) is 41.5 Å². The van der Waals surface area contributed by atoms with E-state index in [-0.39, 0.29) is 11.9 Å². The van der Waals surface area contributed by atoms with Crippen molar-refractivity contribution in [2.24, 2.45) is 0 Å². The lowest BCUT2D eigenvalue weighted by molar-refractivity contribution is 0.0927. The van der Waals surface area contributed by atoms with Gasteiger partial charge in [0.15, 0.2) is 10.9 Å². The van der Waals surface area contributed by atoms with E-state index in [1.807, 2.05) is 24.3 Å². The summed E-state index contributed by atoms with van der Waals surface area (Å²) in [7, 11) is 0. The summed E-state index contributed by atoms with van der Waals surface area (Å²) in [4.78, 5) is 21.6. The smallest absolute Gasteiger partial charge is 0.274 e. The first-order valence-electron chi connectivity index (χ1n) is 10.1. The van der Waals surface area contributed by atoms with Gasteiger partial charge in [-0.25, -0.2) is 14.6 Å². The zero-order chi connectivity index (χ0) is 20.8. The highest BCUT2D eigenvalue weighted by molar-refractivity contribution is 9.10. The average molecular weight is 487 g/mol. The molecule has 1 fully saturated rings. The zero-order valence-electron chi connectivity index (χ0n) is 16.5. The summed E-state index contributed by atoms with van der Waals surface area (Å²) in [6.07, 6.45) is 10.3. The van der Waals surface area contributed by atoms with Crippen LogP contribution in [-0.4, -0.2) is 36.9 Å². The molecule has 1 aliphatic carbocycles. The maximum atomic E-state index is 13.1. The standard InChI is InChI=1S/C21H23BrN6OS/c22-15-8-10-17(11-9-15)28-18(14-30-21-23-12-5-13-24-21)19(26-27-28)20(29)25-16-6-3-1-2-4-7-16/h5,8-13,16H,1-4,6-7,14H2,(H,25,29). The van der Waals surface area contributed by atoms with Crippen molar-refractivity contribution in [3.63, 3.8) is 0 Å². The summed E-state index contributed by atoms with van der Waals surface area (Å²) in [5.41, 5.74) is 1.95. The number of carbonyl (C=O) groups excluding carboxylic acids is 1. The third kappa shape index (κ3) is 5.26. The van der Waals surface area contributed by atoms with Crippen LogP contribution in [0.4, 0.5) is 0 Å². The lowest BCUT2D eigenvalue weighted by Crippen LogP contribution is -2.35. The molecule has 9 heteroatoms. The fourth-order valence-corrected chi connectivity index (χ4v) is 4.63. The number of carbonyl (C=O) groups is 1. The highest BCUT2D eigenvalue weighted by Gasteiger charge is 2.24. The van der Waals surface area contributed by atoms with Crippen LogP contribution in [0.3, 0.4) is 0 Å². The van der Waals surface area contributed by atoms with E-state index >= 15 is 0 Å². The van der Waals surface area contributed by atoms with Gasteiger partial charge < -0.3 is 5.32 Å². The van der Waals surface area contributed by atoms with Gasteiger partial charge in [0.05, 0.1) is 11.4 Å². The Labute approximate surface area is 188 Å². The molecule has 4 rings (SSSR count). The van der Waals surface area contributed by atoms with E-state index in [0.717, 1.165) is 41.5 Å². The second kappa shape index (κ2) is 10.2. The monoisotopic (exact) mass is 486 g/mol. The zero-order valence-corrected chi connectivity index (χ0v) is 18.9. The molecule has 156 valence electrons. The molecule has 0 radical (unpaired) electrons. The van der Waals surface area contributed by atoms with Gasteiger partial charge >= 0.3 is 0 Å².